The smallest absolute Gasteiger partial charge is 0.192 e. The van der Waals surface area contributed by atoms with Crippen LogP contribution in [0.15, 0.2) is 0 Å². The molecule has 4 heteroatoms. The fraction of sp³-hybridized carbons (Fsp3) is 1.00. The van der Waals surface area contributed by atoms with Gasteiger partial charge in [-0.05, 0) is 99.4 Å². The minimum absolute atomic E-state index is 0.0282. The van der Waals surface area contributed by atoms with Crippen molar-refractivity contribution in [1.29, 1.82) is 0 Å². The van der Waals surface area contributed by atoms with E-state index in [1.54, 1.807) is 0 Å². The Morgan fingerprint density at radius 3 is 2.30 bits per heavy atom. The molecule has 0 saturated heterocycles. The molecule has 3 nitrogen and oxygen atoms in total. The van der Waals surface area contributed by atoms with Gasteiger partial charge in [-0.1, -0.05) is 47.5 Å². The molecule has 0 heterocycles. The summed E-state index contributed by atoms with van der Waals surface area (Å²) in [6.45, 7) is 10.1. The van der Waals surface area contributed by atoms with Crippen molar-refractivity contribution in [3.8, 4) is 0 Å². The van der Waals surface area contributed by atoms with Crippen molar-refractivity contribution in [3.05, 3.63) is 0 Å². The van der Waals surface area contributed by atoms with Gasteiger partial charge in [0.25, 0.3) is 0 Å². The van der Waals surface area contributed by atoms with Gasteiger partial charge < -0.3 is 14.6 Å². The summed E-state index contributed by atoms with van der Waals surface area (Å²) in [4.78, 5) is 0. The molecule has 2 saturated carbocycles. The molecule has 0 aliphatic heterocycles. The molecule has 2 fully saturated rings. The third-order valence-corrected chi connectivity index (χ3v) is 13.6. The number of hydrogen-bond donors (Lipinski definition) is 2. The van der Waals surface area contributed by atoms with Crippen molar-refractivity contribution in [1.82, 2.24) is 0 Å². The number of fused-ring (bicyclic) bond motifs is 1. The maximum absolute atomic E-state index is 10.7. The van der Waals surface area contributed by atoms with E-state index in [4.69, 9.17) is 12.7 Å². The van der Waals surface area contributed by atoms with Crippen LogP contribution in [0.3, 0.4) is 0 Å². The summed E-state index contributed by atoms with van der Waals surface area (Å²) in [6, 6.07) is 0. The van der Waals surface area contributed by atoms with Gasteiger partial charge in [0.15, 0.2) is 8.32 Å². The number of hydrogen-bond acceptors (Lipinski definition) is 3. The minimum Gasteiger partial charge on any atom is -0.414 e. The second-order valence-electron chi connectivity index (χ2n) is 12.4. The highest BCUT2D eigenvalue weighted by atomic mass is 28.4. The lowest BCUT2D eigenvalue weighted by atomic mass is 9.56. The van der Waals surface area contributed by atoms with Crippen LogP contribution in [0.25, 0.3) is 0 Å². The Hall–Kier alpha value is 0.0969. The first-order valence-electron chi connectivity index (χ1n) is 15.1. The van der Waals surface area contributed by atoms with E-state index in [-0.39, 0.29) is 41.4 Å². The van der Waals surface area contributed by atoms with Crippen LogP contribution in [0.1, 0.15) is 114 Å². The Balaban J connectivity index is 2.26. The first-order valence-corrected chi connectivity index (χ1v) is 15.0. The predicted octanol–water partition coefficient (Wildman–Crippen LogP) is 6.92. The van der Waals surface area contributed by atoms with Crippen LogP contribution < -0.4 is 0 Å². The molecule has 0 aromatic rings. The van der Waals surface area contributed by atoms with Crippen molar-refractivity contribution in [2.24, 2.45) is 22.7 Å². The van der Waals surface area contributed by atoms with E-state index < -0.39 is 27.6 Å². The Labute approximate surface area is 196 Å². The van der Waals surface area contributed by atoms with E-state index in [0.29, 0.717) is 24.7 Å². The van der Waals surface area contributed by atoms with Crippen LogP contribution >= 0.6 is 0 Å². The van der Waals surface area contributed by atoms with Gasteiger partial charge in [-0.2, -0.15) is 0 Å². The van der Waals surface area contributed by atoms with Crippen LogP contribution in [-0.2, 0) is 4.43 Å². The number of aliphatic hydroxyl groups is 2. The zero-order valence-corrected chi connectivity index (χ0v) is 21.6. The summed E-state index contributed by atoms with van der Waals surface area (Å²) in [5, 5.41) is 20.9. The highest BCUT2D eigenvalue weighted by Gasteiger charge is 2.57. The van der Waals surface area contributed by atoms with Gasteiger partial charge in [0.05, 0.1) is 5.60 Å². The van der Waals surface area contributed by atoms with Crippen LogP contribution in [0.5, 0.6) is 0 Å². The van der Waals surface area contributed by atoms with E-state index >= 15 is 0 Å². The van der Waals surface area contributed by atoms with Crippen molar-refractivity contribution < 1.29 is 22.9 Å². The Bertz CT molecular complexity index is 733. The predicted molar refractivity (Wildman–Crippen MR) is 130 cm³/mol. The maximum Gasteiger partial charge on any atom is 0.192 e. The van der Waals surface area contributed by atoms with Gasteiger partial charge >= 0.3 is 0 Å². The van der Waals surface area contributed by atoms with Gasteiger partial charge in [-0.25, -0.2) is 0 Å². The van der Waals surface area contributed by atoms with Crippen molar-refractivity contribution in [2.75, 3.05) is 6.61 Å². The molecule has 2 aliphatic rings. The fourth-order valence-electron chi connectivity index (χ4n) is 6.44. The van der Waals surface area contributed by atoms with Crippen LogP contribution in [-0.4, -0.2) is 36.8 Å². The molecule has 5 atom stereocenters. The molecule has 3 unspecified atom stereocenters. The molecule has 30 heavy (non-hydrogen) atoms. The molecule has 0 amide bonds. The second kappa shape index (κ2) is 9.15. The second-order valence-corrected chi connectivity index (χ2v) is 17.1. The summed E-state index contributed by atoms with van der Waals surface area (Å²) < 4.78 is 53.1. The summed E-state index contributed by atoms with van der Waals surface area (Å²) in [5.74, 6) is 0.770. The van der Waals surface area contributed by atoms with E-state index in [0.717, 1.165) is 32.1 Å². The maximum atomic E-state index is 10.7. The summed E-state index contributed by atoms with van der Waals surface area (Å²) in [6.07, 6.45) is 6.76. The lowest BCUT2D eigenvalue weighted by Crippen LogP contribution is -2.51. The molecule has 0 aromatic carbocycles. The molecule has 178 valence electrons. The van der Waals surface area contributed by atoms with Crippen LogP contribution in [0, 0.1) is 22.7 Å². The molecular formula is C26H52O3Si. The van der Waals surface area contributed by atoms with Gasteiger partial charge in [0, 0.05) is 20.9 Å². The molecule has 2 N–H and O–H groups in total. The van der Waals surface area contributed by atoms with E-state index in [1.165, 1.54) is 0 Å². The average molecular weight is 447 g/mol. The normalized spacial score (nSPS) is 36.5. The number of aliphatic hydroxyl groups excluding tert-OH is 1. The third-order valence-electron chi connectivity index (χ3n) is 9.13. The molecule has 2 rings (SSSR count). The summed E-state index contributed by atoms with van der Waals surface area (Å²) >= 11 is 0. The summed E-state index contributed by atoms with van der Waals surface area (Å²) in [5.41, 5.74) is -2.95. The van der Waals surface area contributed by atoms with Gasteiger partial charge in [-0.15, -0.1) is 0 Å². The zero-order chi connectivity index (χ0) is 28.0. The monoisotopic (exact) mass is 446 g/mol. The molecule has 0 radical (unpaired) electrons. The fourth-order valence-corrected chi connectivity index (χ4v) is 7.83. The molecule has 0 spiro atoms. The lowest BCUT2D eigenvalue weighted by Gasteiger charge is -2.52. The topological polar surface area (TPSA) is 49.7 Å². The Kier molecular flexibility index (Phi) is 5.65. The first kappa shape index (κ1) is 18.5. The van der Waals surface area contributed by atoms with E-state index in [1.807, 2.05) is 0 Å². The summed E-state index contributed by atoms with van der Waals surface area (Å²) in [7, 11) is -1.92. The van der Waals surface area contributed by atoms with E-state index in [9.17, 15) is 10.2 Å². The third kappa shape index (κ3) is 5.71. The lowest BCUT2D eigenvalue weighted by molar-refractivity contribution is -0.0511. The SMILES string of the molecule is [2H]C([2H])([2H])C(O)(CCC[C@@](C)(CCO)C1CCC2C(O[Si](C)(C)C(C)(C)C)CCC[C@@]21C)C([2H])([2H])[2H]. The Morgan fingerprint density at radius 1 is 1.07 bits per heavy atom. The average Bonchev–Trinajstić information content (AvgIpc) is 3.04. The van der Waals surface area contributed by atoms with Gasteiger partial charge in [-0.3, -0.25) is 0 Å². The van der Waals surface area contributed by atoms with Crippen molar-refractivity contribution in [3.63, 3.8) is 0 Å². The minimum atomic E-state index is -2.99. The first-order chi connectivity index (χ1) is 16.1. The number of rotatable bonds is 9. The standard InChI is InChI=1S/C26H52O3Si/c1-23(2,3)30(8,9)29-21-12-10-17-26(7)20(21)13-14-22(26)25(6,18-19-27)16-11-15-24(4,5)28/h20-22,27-28H,10-19H2,1-9H3/t20?,21?,22?,25-,26-/m0/s1/i4D3,5D3. The molecule has 2 aliphatic carbocycles. The van der Waals surface area contributed by atoms with Gasteiger partial charge in [0.1, 0.15) is 0 Å². The van der Waals surface area contributed by atoms with Crippen LogP contribution in [0.2, 0.25) is 18.1 Å². The Morgan fingerprint density at radius 2 is 1.73 bits per heavy atom. The zero-order valence-electron chi connectivity index (χ0n) is 26.6. The quantitative estimate of drug-likeness (QED) is 0.378. The molecule has 0 bridgehead atoms. The van der Waals surface area contributed by atoms with E-state index in [2.05, 4.69) is 47.7 Å². The highest BCUT2D eigenvalue weighted by Crippen LogP contribution is 2.63. The van der Waals surface area contributed by atoms with Crippen LogP contribution in [0.4, 0.5) is 0 Å². The molecule has 0 aromatic heterocycles. The van der Waals surface area contributed by atoms with Gasteiger partial charge in [0.2, 0.25) is 0 Å². The molecular weight excluding hydrogens is 388 g/mol. The van der Waals surface area contributed by atoms with Crippen molar-refractivity contribution >= 4 is 8.32 Å². The largest absolute Gasteiger partial charge is 0.414 e. The van der Waals surface area contributed by atoms with Crippen molar-refractivity contribution in [2.45, 2.75) is 136 Å². The highest BCUT2D eigenvalue weighted by molar-refractivity contribution is 6.74.